The van der Waals surface area contributed by atoms with Crippen LogP contribution in [0.2, 0.25) is 0 Å². The number of aryl methyl sites for hydroxylation is 1. The first-order valence-corrected chi connectivity index (χ1v) is 4.83. The van der Waals surface area contributed by atoms with Crippen molar-refractivity contribution < 1.29 is 4.85 Å². The number of anilines is 1. The summed E-state index contributed by atoms with van der Waals surface area (Å²) in [5.74, 6) is 0.365. The summed E-state index contributed by atoms with van der Waals surface area (Å²) >= 11 is 0. The number of hydrogen-bond donors (Lipinski definition) is 1. The Balaban J connectivity index is 2.62. The lowest BCUT2D eigenvalue weighted by molar-refractivity contribution is -0.641. The molecule has 0 bridgehead atoms. The van der Waals surface area contributed by atoms with E-state index in [9.17, 15) is 5.21 Å². The fourth-order valence-corrected chi connectivity index (χ4v) is 1.39. The van der Waals surface area contributed by atoms with Gasteiger partial charge in [-0.25, -0.2) is 4.98 Å². The van der Waals surface area contributed by atoms with Crippen LogP contribution in [0.4, 0.5) is 5.95 Å². The van der Waals surface area contributed by atoms with Gasteiger partial charge in [0, 0.05) is 12.6 Å². The van der Waals surface area contributed by atoms with E-state index in [-0.39, 0.29) is 0 Å². The van der Waals surface area contributed by atoms with Gasteiger partial charge in [0.15, 0.2) is 0 Å². The Labute approximate surface area is 87.3 Å². The summed E-state index contributed by atoms with van der Waals surface area (Å²) in [6, 6.07) is 5.52. The van der Waals surface area contributed by atoms with Crippen molar-refractivity contribution in [3.63, 3.8) is 0 Å². The average molecular weight is 204 g/mol. The third-order valence-corrected chi connectivity index (χ3v) is 2.08. The minimum Gasteiger partial charge on any atom is -0.594 e. The molecule has 5 heteroatoms. The molecule has 0 atom stereocenters. The summed E-state index contributed by atoms with van der Waals surface area (Å²) in [6.45, 7) is 4.55. The van der Waals surface area contributed by atoms with Crippen LogP contribution in [0, 0.1) is 12.1 Å². The van der Waals surface area contributed by atoms with Crippen molar-refractivity contribution >= 4 is 17.0 Å². The third-order valence-electron chi connectivity index (χ3n) is 2.08. The smallest absolute Gasteiger partial charge is 0.290 e. The monoisotopic (exact) mass is 204 g/mol. The molecule has 2 aromatic rings. The summed E-state index contributed by atoms with van der Waals surface area (Å²) in [5, 5.41) is 18.2. The van der Waals surface area contributed by atoms with Crippen molar-refractivity contribution in [2.75, 3.05) is 11.9 Å². The molecule has 15 heavy (non-hydrogen) atoms. The topological polar surface area (TPSA) is 64.8 Å². The lowest BCUT2D eigenvalue weighted by Crippen LogP contribution is -2.33. The van der Waals surface area contributed by atoms with Crippen molar-refractivity contribution in [2.45, 2.75) is 13.8 Å². The minimum absolute atomic E-state index is 0.365. The highest BCUT2D eigenvalue weighted by molar-refractivity contribution is 5.72. The van der Waals surface area contributed by atoms with E-state index < -0.39 is 0 Å². The summed E-state index contributed by atoms with van der Waals surface area (Å²) < 4.78 is 0. The summed E-state index contributed by atoms with van der Waals surface area (Å²) in [4.78, 5) is 4.83. The van der Waals surface area contributed by atoms with Crippen LogP contribution >= 0.6 is 0 Å². The molecule has 1 N–H and O–H groups in total. The lowest BCUT2D eigenvalue weighted by Gasteiger charge is -2.03. The number of hydrogen-bond acceptors (Lipinski definition) is 4. The van der Waals surface area contributed by atoms with Crippen molar-refractivity contribution in [1.29, 1.82) is 0 Å². The van der Waals surface area contributed by atoms with Crippen LogP contribution in [-0.2, 0) is 0 Å². The van der Waals surface area contributed by atoms with Gasteiger partial charge in [0.25, 0.3) is 11.5 Å². The van der Waals surface area contributed by atoms with Crippen LogP contribution in [0.1, 0.15) is 12.5 Å². The van der Waals surface area contributed by atoms with Gasteiger partial charge >= 0.3 is 0 Å². The van der Waals surface area contributed by atoms with Gasteiger partial charge in [-0.2, -0.15) is 0 Å². The van der Waals surface area contributed by atoms with E-state index in [4.69, 9.17) is 0 Å². The number of fused-ring (bicyclic) bond motifs is 1. The standard InChI is InChI=1S/C10H12N4O/c1-3-11-10-12-8-5-4-7(2)6-9(8)14(15)13-10/h4-6H,3H2,1-2H3,(H,11,12,13). The van der Waals surface area contributed by atoms with Gasteiger partial charge < -0.3 is 10.5 Å². The highest BCUT2D eigenvalue weighted by Crippen LogP contribution is 2.10. The second-order valence-electron chi connectivity index (χ2n) is 3.33. The molecule has 0 saturated carbocycles. The van der Waals surface area contributed by atoms with E-state index in [1.54, 1.807) is 6.07 Å². The molecule has 2 rings (SSSR count). The zero-order valence-corrected chi connectivity index (χ0v) is 8.69. The van der Waals surface area contributed by atoms with Gasteiger partial charge in [0.1, 0.15) is 5.52 Å². The van der Waals surface area contributed by atoms with E-state index in [1.165, 1.54) is 0 Å². The van der Waals surface area contributed by atoms with Crippen molar-refractivity contribution in [3.05, 3.63) is 29.0 Å². The number of benzene rings is 1. The predicted molar refractivity (Wildman–Crippen MR) is 57.4 cm³/mol. The molecular formula is C10H12N4O. The second-order valence-corrected chi connectivity index (χ2v) is 3.33. The number of nitrogens with one attached hydrogen (secondary N) is 1. The molecule has 0 saturated heterocycles. The Kier molecular flexibility index (Phi) is 2.37. The molecular weight excluding hydrogens is 192 g/mol. The van der Waals surface area contributed by atoms with E-state index >= 15 is 0 Å². The number of aromatic nitrogens is 3. The molecule has 0 radical (unpaired) electrons. The first-order valence-electron chi connectivity index (χ1n) is 4.83. The van der Waals surface area contributed by atoms with E-state index in [2.05, 4.69) is 15.4 Å². The molecule has 1 aromatic carbocycles. The third kappa shape index (κ3) is 1.81. The van der Waals surface area contributed by atoms with Gasteiger partial charge in [0.2, 0.25) is 0 Å². The fourth-order valence-electron chi connectivity index (χ4n) is 1.39. The van der Waals surface area contributed by atoms with Gasteiger partial charge in [-0.1, -0.05) is 6.07 Å². The Morgan fingerprint density at radius 1 is 1.47 bits per heavy atom. The van der Waals surface area contributed by atoms with E-state index in [0.717, 1.165) is 5.56 Å². The minimum atomic E-state index is 0.365. The maximum atomic E-state index is 11.6. The predicted octanol–water partition coefficient (Wildman–Crippen LogP) is 1.00. The first-order chi connectivity index (χ1) is 7.20. The van der Waals surface area contributed by atoms with Gasteiger partial charge in [-0.15, -0.1) is 0 Å². The summed E-state index contributed by atoms with van der Waals surface area (Å²) in [7, 11) is 0. The zero-order valence-electron chi connectivity index (χ0n) is 8.69. The van der Waals surface area contributed by atoms with Crippen molar-refractivity contribution in [3.8, 4) is 0 Å². The molecule has 5 nitrogen and oxygen atoms in total. The largest absolute Gasteiger partial charge is 0.594 e. The molecule has 1 aromatic heterocycles. The van der Waals surface area contributed by atoms with Crippen LogP contribution in [0.25, 0.3) is 11.0 Å². The first kappa shape index (κ1) is 9.64. The quantitative estimate of drug-likeness (QED) is 0.585. The van der Waals surface area contributed by atoms with Gasteiger partial charge in [0.05, 0.1) is 5.10 Å². The molecule has 0 spiro atoms. The molecule has 0 amide bonds. The molecule has 0 aliphatic rings. The number of rotatable bonds is 2. The Hall–Kier alpha value is -1.91. The molecule has 0 aliphatic carbocycles. The summed E-state index contributed by atoms with van der Waals surface area (Å²) in [5.41, 5.74) is 2.17. The van der Waals surface area contributed by atoms with Crippen LogP contribution in [0.15, 0.2) is 18.2 Å². The van der Waals surface area contributed by atoms with Crippen LogP contribution < -0.4 is 10.2 Å². The van der Waals surface area contributed by atoms with Gasteiger partial charge in [-0.05, 0) is 30.3 Å². The van der Waals surface area contributed by atoms with Crippen molar-refractivity contribution in [1.82, 2.24) is 10.1 Å². The van der Waals surface area contributed by atoms with Crippen LogP contribution in [0.5, 0.6) is 0 Å². The Bertz CT molecular complexity index is 498. The molecule has 0 fully saturated rings. The van der Waals surface area contributed by atoms with Crippen LogP contribution in [0.3, 0.4) is 0 Å². The van der Waals surface area contributed by atoms with E-state index in [1.807, 2.05) is 26.0 Å². The second kappa shape index (κ2) is 3.68. The van der Waals surface area contributed by atoms with E-state index in [0.29, 0.717) is 28.4 Å². The normalized spacial score (nSPS) is 10.5. The Morgan fingerprint density at radius 3 is 3.00 bits per heavy atom. The zero-order chi connectivity index (χ0) is 10.8. The fraction of sp³-hybridized carbons (Fsp3) is 0.300. The Morgan fingerprint density at radius 2 is 2.27 bits per heavy atom. The number of nitrogens with zero attached hydrogens (tertiary/aromatic N) is 3. The highest BCUT2D eigenvalue weighted by atomic mass is 16.5. The lowest BCUT2D eigenvalue weighted by atomic mass is 10.2. The van der Waals surface area contributed by atoms with Crippen molar-refractivity contribution in [2.24, 2.45) is 0 Å². The average Bonchev–Trinajstić information content (AvgIpc) is 2.20. The maximum absolute atomic E-state index is 11.6. The van der Waals surface area contributed by atoms with Gasteiger partial charge in [-0.3, -0.25) is 0 Å². The molecule has 0 unspecified atom stereocenters. The molecule has 1 heterocycles. The van der Waals surface area contributed by atoms with Crippen LogP contribution in [-0.4, -0.2) is 16.6 Å². The SMILES string of the molecule is CCNc1nc2ccc(C)cc2[n+]([O-])n1. The molecule has 0 aliphatic heterocycles. The maximum Gasteiger partial charge on any atom is 0.290 e. The highest BCUT2D eigenvalue weighted by Gasteiger charge is 2.09. The summed E-state index contributed by atoms with van der Waals surface area (Å²) in [6.07, 6.45) is 0. The molecule has 78 valence electrons.